The molecule has 1 aliphatic heterocycles. The van der Waals surface area contributed by atoms with E-state index in [1.165, 1.54) is 0 Å². The maximum atomic E-state index is 11.5. The third-order valence-corrected chi connectivity index (χ3v) is 2.48. The molecular formula is C10H10ClNO2. The summed E-state index contributed by atoms with van der Waals surface area (Å²) in [5, 5.41) is 0.454. The van der Waals surface area contributed by atoms with Gasteiger partial charge < -0.3 is 4.74 Å². The van der Waals surface area contributed by atoms with Crippen molar-refractivity contribution in [2.24, 2.45) is 0 Å². The highest BCUT2D eigenvalue weighted by Crippen LogP contribution is 2.23. The quantitative estimate of drug-likeness (QED) is 0.527. The minimum absolute atomic E-state index is 0.271. The van der Waals surface area contributed by atoms with Crippen LogP contribution in [0.15, 0.2) is 6.07 Å². The summed E-state index contributed by atoms with van der Waals surface area (Å²) in [6, 6.07) is 1.75. The number of rotatable bonds is 1. The molecular weight excluding hydrogens is 202 g/mol. The second kappa shape index (κ2) is 3.58. The van der Waals surface area contributed by atoms with Crippen LogP contribution in [0.4, 0.5) is 0 Å². The van der Waals surface area contributed by atoms with E-state index in [4.69, 9.17) is 16.3 Å². The van der Waals surface area contributed by atoms with E-state index in [1.807, 2.05) is 6.92 Å². The van der Waals surface area contributed by atoms with Gasteiger partial charge in [-0.1, -0.05) is 18.5 Å². The number of aromatic nitrogens is 1. The number of halogens is 1. The Morgan fingerprint density at radius 3 is 3.14 bits per heavy atom. The van der Waals surface area contributed by atoms with Gasteiger partial charge in [0.15, 0.2) is 0 Å². The standard InChI is InChI=1S/C10H10ClNO2/c1-2-7-9-6(5-8(11)12-7)3-4-14-10(9)13/h5H,2-4H2,1H3. The third-order valence-electron chi connectivity index (χ3n) is 2.29. The molecule has 1 aromatic heterocycles. The maximum absolute atomic E-state index is 11.5. The van der Waals surface area contributed by atoms with Gasteiger partial charge in [-0.25, -0.2) is 9.78 Å². The molecule has 0 aliphatic carbocycles. The first-order valence-corrected chi connectivity index (χ1v) is 4.95. The van der Waals surface area contributed by atoms with Crippen molar-refractivity contribution < 1.29 is 9.53 Å². The second-order valence-electron chi connectivity index (χ2n) is 3.17. The van der Waals surface area contributed by atoms with Crippen LogP contribution in [0.2, 0.25) is 5.15 Å². The van der Waals surface area contributed by atoms with E-state index in [1.54, 1.807) is 6.07 Å². The molecule has 0 radical (unpaired) electrons. The van der Waals surface area contributed by atoms with E-state index >= 15 is 0 Å². The van der Waals surface area contributed by atoms with Crippen LogP contribution < -0.4 is 0 Å². The smallest absolute Gasteiger partial charge is 0.340 e. The highest BCUT2D eigenvalue weighted by molar-refractivity contribution is 6.29. The van der Waals surface area contributed by atoms with Crippen molar-refractivity contribution in [3.63, 3.8) is 0 Å². The van der Waals surface area contributed by atoms with Gasteiger partial charge in [-0.2, -0.15) is 0 Å². The van der Waals surface area contributed by atoms with E-state index in [2.05, 4.69) is 4.98 Å². The molecule has 1 aromatic rings. The number of carbonyl (C=O) groups excluding carboxylic acids is 1. The normalized spacial score (nSPS) is 14.9. The Labute approximate surface area is 87.0 Å². The van der Waals surface area contributed by atoms with Crippen molar-refractivity contribution >= 4 is 17.6 Å². The Bertz CT molecular complexity index is 373. The summed E-state index contributed by atoms with van der Waals surface area (Å²) in [5.74, 6) is -0.271. The van der Waals surface area contributed by atoms with E-state index in [0.29, 0.717) is 23.7 Å². The van der Waals surface area contributed by atoms with Crippen molar-refractivity contribution in [3.8, 4) is 0 Å². The molecule has 0 saturated carbocycles. The summed E-state index contributed by atoms with van der Waals surface area (Å²) in [4.78, 5) is 15.6. The minimum Gasteiger partial charge on any atom is -0.462 e. The van der Waals surface area contributed by atoms with Crippen LogP contribution >= 0.6 is 11.6 Å². The van der Waals surface area contributed by atoms with Gasteiger partial charge in [-0.15, -0.1) is 0 Å². The van der Waals surface area contributed by atoms with Crippen LogP contribution in [0.1, 0.15) is 28.5 Å². The number of pyridine rings is 1. The van der Waals surface area contributed by atoms with Crippen molar-refractivity contribution in [2.75, 3.05) is 6.61 Å². The van der Waals surface area contributed by atoms with Crippen LogP contribution in [0.3, 0.4) is 0 Å². The van der Waals surface area contributed by atoms with E-state index in [0.717, 1.165) is 17.7 Å². The van der Waals surface area contributed by atoms with E-state index in [9.17, 15) is 4.79 Å². The number of carbonyl (C=O) groups is 1. The van der Waals surface area contributed by atoms with Gasteiger partial charge in [0.05, 0.1) is 17.9 Å². The van der Waals surface area contributed by atoms with Crippen LogP contribution in [0.5, 0.6) is 0 Å². The Kier molecular flexibility index (Phi) is 2.42. The molecule has 0 bridgehead atoms. The van der Waals surface area contributed by atoms with Crippen LogP contribution in [0.25, 0.3) is 0 Å². The van der Waals surface area contributed by atoms with Crippen molar-refractivity contribution in [1.29, 1.82) is 0 Å². The zero-order valence-electron chi connectivity index (χ0n) is 7.84. The number of fused-ring (bicyclic) bond motifs is 1. The Morgan fingerprint density at radius 2 is 2.43 bits per heavy atom. The third kappa shape index (κ3) is 1.48. The fourth-order valence-electron chi connectivity index (χ4n) is 1.65. The minimum atomic E-state index is -0.271. The summed E-state index contributed by atoms with van der Waals surface area (Å²) in [5.41, 5.74) is 2.30. The summed E-state index contributed by atoms with van der Waals surface area (Å²) in [6.45, 7) is 2.39. The van der Waals surface area contributed by atoms with Gasteiger partial charge in [-0.3, -0.25) is 0 Å². The van der Waals surface area contributed by atoms with Crippen molar-refractivity contribution in [3.05, 3.63) is 28.0 Å². The van der Waals surface area contributed by atoms with Crippen LogP contribution in [-0.4, -0.2) is 17.6 Å². The molecule has 0 amide bonds. The Balaban J connectivity index is 2.61. The molecule has 0 atom stereocenters. The molecule has 0 spiro atoms. The first-order chi connectivity index (χ1) is 6.72. The summed E-state index contributed by atoms with van der Waals surface area (Å²) in [6.07, 6.45) is 1.42. The lowest BCUT2D eigenvalue weighted by molar-refractivity contribution is 0.0478. The zero-order valence-corrected chi connectivity index (χ0v) is 8.60. The average molecular weight is 212 g/mol. The maximum Gasteiger partial charge on any atom is 0.340 e. The number of hydrogen-bond acceptors (Lipinski definition) is 3. The number of aryl methyl sites for hydroxylation is 1. The van der Waals surface area contributed by atoms with Crippen LogP contribution in [0, 0.1) is 0 Å². The van der Waals surface area contributed by atoms with E-state index in [-0.39, 0.29) is 5.97 Å². The molecule has 2 rings (SSSR count). The van der Waals surface area contributed by atoms with Gasteiger partial charge in [0.2, 0.25) is 0 Å². The summed E-state index contributed by atoms with van der Waals surface area (Å²) >= 11 is 5.85. The number of cyclic esters (lactones) is 1. The zero-order chi connectivity index (χ0) is 10.1. The Morgan fingerprint density at radius 1 is 1.64 bits per heavy atom. The molecule has 2 heterocycles. The molecule has 0 N–H and O–H groups in total. The average Bonchev–Trinajstić information content (AvgIpc) is 2.16. The predicted molar refractivity (Wildman–Crippen MR) is 52.6 cm³/mol. The molecule has 14 heavy (non-hydrogen) atoms. The topological polar surface area (TPSA) is 39.2 Å². The lowest BCUT2D eigenvalue weighted by Crippen LogP contribution is -2.20. The van der Waals surface area contributed by atoms with Gasteiger partial charge >= 0.3 is 5.97 Å². The largest absolute Gasteiger partial charge is 0.462 e. The number of hydrogen-bond donors (Lipinski definition) is 0. The highest BCUT2D eigenvalue weighted by atomic mass is 35.5. The molecule has 4 heteroatoms. The monoisotopic (exact) mass is 211 g/mol. The van der Waals surface area contributed by atoms with Crippen molar-refractivity contribution in [1.82, 2.24) is 4.98 Å². The first kappa shape index (κ1) is 9.46. The summed E-state index contributed by atoms with van der Waals surface area (Å²) < 4.78 is 4.96. The number of esters is 1. The fourth-order valence-corrected chi connectivity index (χ4v) is 1.88. The molecule has 74 valence electrons. The van der Waals surface area contributed by atoms with Gasteiger partial charge in [0, 0.05) is 6.42 Å². The molecule has 0 fully saturated rings. The first-order valence-electron chi connectivity index (χ1n) is 4.57. The molecule has 1 aliphatic rings. The highest BCUT2D eigenvalue weighted by Gasteiger charge is 2.23. The van der Waals surface area contributed by atoms with E-state index < -0.39 is 0 Å². The van der Waals surface area contributed by atoms with Gasteiger partial charge in [-0.05, 0) is 18.1 Å². The van der Waals surface area contributed by atoms with Crippen molar-refractivity contribution in [2.45, 2.75) is 19.8 Å². The second-order valence-corrected chi connectivity index (χ2v) is 3.55. The fraction of sp³-hybridized carbons (Fsp3) is 0.400. The predicted octanol–water partition coefficient (Wildman–Crippen LogP) is 2.01. The lowest BCUT2D eigenvalue weighted by atomic mass is 10.0. The number of ether oxygens (including phenoxy) is 1. The molecule has 0 unspecified atom stereocenters. The molecule has 3 nitrogen and oxygen atoms in total. The van der Waals surface area contributed by atoms with Gasteiger partial charge in [0.25, 0.3) is 0 Å². The molecule has 0 saturated heterocycles. The summed E-state index contributed by atoms with van der Waals surface area (Å²) in [7, 11) is 0. The Hall–Kier alpha value is -1.09. The van der Waals surface area contributed by atoms with Gasteiger partial charge in [0.1, 0.15) is 5.15 Å². The SMILES string of the molecule is CCc1nc(Cl)cc2c1C(=O)OCC2. The number of nitrogens with zero attached hydrogens (tertiary/aromatic N) is 1. The molecule has 0 aromatic carbocycles. The van der Waals surface area contributed by atoms with Crippen LogP contribution in [-0.2, 0) is 17.6 Å². The lowest BCUT2D eigenvalue weighted by Gasteiger charge is -2.17.